The summed E-state index contributed by atoms with van der Waals surface area (Å²) in [7, 11) is 0. The lowest BCUT2D eigenvalue weighted by Gasteiger charge is -2.29. The zero-order chi connectivity index (χ0) is 18.3. The first-order valence-electron chi connectivity index (χ1n) is 8.06. The lowest BCUT2D eigenvalue weighted by atomic mass is 9.96. The molecule has 0 radical (unpaired) electrons. The van der Waals surface area contributed by atoms with Crippen molar-refractivity contribution in [3.8, 4) is 17.2 Å². The third-order valence-electron chi connectivity index (χ3n) is 3.67. The van der Waals surface area contributed by atoms with E-state index in [0.717, 1.165) is 6.42 Å². The van der Waals surface area contributed by atoms with Crippen LogP contribution in [0.25, 0.3) is 0 Å². The molecule has 0 aliphatic rings. The molecule has 6 heteroatoms. The molecule has 0 heterocycles. The molecule has 0 aromatic heterocycles. The highest BCUT2D eigenvalue weighted by Gasteiger charge is 2.29. The Bertz CT molecular complexity index is 688. The SMILES string of the molecule is CCCC(C)(CC(=O)ON)Oc1ccc(Oc2ccc(F)cc2)cc1. The predicted molar refractivity (Wildman–Crippen MR) is 91.8 cm³/mol. The predicted octanol–water partition coefficient (Wildman–Crippen LogP) is 4.36. The van der Waals surface area contributed by atoms with Gasteiger partial charge in [0.2, 0.25) is 0 Å². The number of carbonyl (C=O) groups excluding carboxylic acids is 1. The summed E-state index contributed by atoms with van der Waals surface area (Å²) in [6.07, 6.45) is 1.58. The van der Waals surface area contributed by atoms with Crippen molar-refractivity contribution >= 4 is 5.97 Å². The van der Waals surface area contributed by atoms with E-state index in [1.807, 2.05) is 13.8 Å². The standard InChI is InChI=1S/C19H22FNO4/c1-3-12-19(2,13-18(22)25-21)24-17-10-8-16(9-11-17)23-15-6-4-14(20)5-7-15/h4-11H,3,12-13,21H2,1-2H3. The summed E-state index contributed by atoms with van der Waals surface area (Å²) in [5, 5.41) is 0. The Morgan fingerprint density at radius 1 is 1.04 bits per heavy atom. The fourth-order valence-electron chi connectivity index (χ4n) is 2.55. The van der Waals surface area contributed by atoms with Crippen molar-refractivity contribution in [2.24, 2.45) is 5.90 Å². The monoisotopic (exact) mass is 347 g/mol. The quantitative estimate of drug-likeness (QED) is 0.718. The molecule has 0 saturated heterocycles. The molecule has 0 amide bonds. The van der Waals surface area contributed by atoms with Crippen LogP contribution in [0.4, 0.5) is 4.39 Å². The fourth-order valence-corrected chi connectivity index (χ4v) is 2.55. The molecule has 1 unspecified atom stereocenters. The smallest absolute Gasteiger partial charge is 0.328 e. The van der Waals surface area contributed by atoms with E-state index in [-0.39, 0.29) is 12.2 Å². The molecule has 5 nitrogen and oxygen atoms in total. The Labute approximate surface area is 146 Å². The van der Waals surface area contributed by atoms with Gasteiger partial charge in [-0.1, -0.05) is 13.3 Å². The van der Waals surface area contributed by atoms with E-state index in [4.69, 9.17) is 15.4 Å². The number of benzene rings is 2. The highest BCUT2D eigenvalue weighted by atomic mass is 19.1. The molecule has 0 fully saturated rings. The van der Waals surface area contributed by atoms with Gasteiger partial charge in [-0.2, -0.15) is 5.90 Å². The van der Waals surface area contributed by atoms with Crippen LogP contribution in [-0.4, -0.2) is 11.6 Å². The van der Waals surface area contributed by atoms with Crippen LogP contribution < -0.4 is 15.4 Å². The van der Waals surface area contributed by atoms with Crippen LogP contribution in [0.1, 0.15) is 33.1 Å². The second-order valence-corrected chi connectivity index (χ2v) is 6.00. The van der Waals surface area contributed by atoms with Gasteiger partial charge in [-0.3, -0.25) is 4.79 Å². The number of hydrogen-bond acceptors (Lipinski definition) is 5. The van der Waals surface area contributed by atoms with E-state index in [2.05, 4.69) is 4.84 Å². The van der Waals surface area contributed by atoms with Crippen molar-refractivity contribution in [1.29, 1.82) is 0 Å². The minimum absolute atomic E-state index is 0.0607. The van der Waals surface area contributed by atoms with Gasteiger partial charge in [-0.15, -0.1) is 0 Å². The molecule has 0 aliphatic carbocycles. The number of halogens is 1. The second-order valence-electron chi connectivity index (χ2n) is 6.00. The van der Waals surface area contributed by atoms with Crippen molar-refractivity contribution in [3.05, 3.63) is 54.3 Å². The molecule has 25 heavy (non-hydrogen) atoms. The molecule has 2 aromatic rings. The molecule has 0 bridgehead atoms. The number of hydrogen-bond donors (Lipinski definition) is 1. The molecule has 134 valence electrons. The maximum absolute atomic E-state index is 12.9. The number of ether oxygens (including phenoxy) is 2. The highest BCUT2D eigenvalue weighted by molar-refractivity contribution is 5.70. The Kier molecular flexibility index (Phi) is 6.36. The van der Waals surface area contributed by atoms with E-state index >= 15 is 0 Å². The summed E-state index contributed by atoms with van der Waals surface area (Å²) in [4.78, 5) is 15.8. The third kappa shape index (κ3) is 5.76. The average molecular weight is 347 g/mol. The average Bonchev–Trinajstić information content (AvgIpc) is 2.58. The van der Waals surface area contributed by atoms with Crippen molar-refractivity contribution < 1.29 is 23.5 Å². The highest BCUT2D eigenvalue weighted by Crippen LogP contribution is 2.29. The van der Waals surface area contributed by atoms with Gasteiger partial charge in [-0.25, -0.2) is 4.39 Å². The first-order chi connectivity index (χ1) is 11.9. The summed E-state index contributed by atoms with van der Waals surface area (Å²) in [6.45, 7) is 3.85. The minimum atomic E-state index is -0.704. The molecule has 1 atom stereocenters. The van der Waals surface area contributed by atoms with E-state index in [1.54, 1.807) is 36.4 Å². The van der Waals surface area contributed by atoms with E-state index in [1.165, 1.54) is 12.1 Å². The van der Waals surface area contributed by atoms with Crippen LogP contribution in [-0.2, 0) is 9.63 Å². The number of rotatable bonds is 8. The van der Waals surface area contributed by atoms with Gasteiger partial charge < -0.3 is 14.3 Å². The van der Waals surface area contributed by atoms with Crippen LogP contribution in [0.15, 0.2) is 48.5 Å². The van der Waals surface area contributed by atoms with Crippen molar-refractivity contribution in [2.75, 3.05) is 0 Å². The molecular weight excluding hydrogens is 325 g/mol. The van der Waals surface area contributed by atoms with E-state index in [9.17, 15) is 9.18 Å². The second kappa shape index (κ2) is 8.48. The molecular formula is C19H22FNO4. The molecule has 0 aliphatic heterocycles. The van der Waals surface area contributed by atoms with Gasteiger partial charge in [0.1, 0.15) is 28.7 Å². The third-order valence-corrected chi connectivity index (χ3v) is 3.67. The van der Waals surface area contributed by atoms with Gasteiger partial charge in [0.15, 0.2) is 0 Å². The Hall–Kier alpha value is -2.60. The Morgan fingerprint density at radius 2 is 1.56 bits per heavy atom. The van der Waals surface area contributed by atoms with Crippen LogP contribution >= 0.6 is 0 Å². The zero-order valence-electron chi connectivity index (χ0n) is 14.3. The van der Waals surface area contributed by atoms with Crippen LogP contribution in [0.3, 0.4) is 0 Å². The molecule has 2 aromatic carbocycles. The van der Waals surface area contributed by atoms with Gasteiger partial charge >= 0.3 is 5.97 Å². The van der Waals surface area contributed by atoms with Crippen LogP contribution in [0.2, 0.25) is 0 Å². The number of nitrogens with two attached hydrogens (primary N) is 1. The summed E-state index contributed by atoms with van der Waals surface area (Å²) >= 11 is 0. The Morgan fingerprint density at radius 3 is 2.08 bits per heavy atom. The maximum Gasteiger partial charge on any atom is 0.328 e. The summed E-state index contributed by atoms with van der Waals surface area (Å²) < 4.78 is 24.5. The molecule has 0 saturated carbocycles. The summed E-state index contributed by atoms with van der Waals surface area (Å²) in [6, 6.07) is 12.8. The zero-order valence-corrected chi connectivity index (χ0v) is 14.3. The minimum Gasteiger partial charge on any atom is -0.487 e. The lowest BCUT2D eigenvalue weighted by molar-refractivity contribution is -0.148. The Balaban J connectivity index is 2.04. The van der Waals surface area contributed by atoms with Gasteiger partial charge in [0.05, 0.1) is 6.42 Å². The van der Waals surface area contributed by atoms with Crippen molar-refractivity contribution in [2.45, 2.75) is 38.7 Å². The van der Waals surface area contributed by atoms with E-state index in [0.29, 0.717) is 23.7 Å². The molecule has 2 rings (SSSR count). The molecule has 0 spiro atoms. The first kappa shape index (κ1) is 18.7. The largest absolute Gasteiger partial charge is 0.487 e. The topological polar surface area (TPSA) is 70.8 Å². The fraction of sp³-hybridized carbons (Fsp3) is 0.316. The van der Waals surface area contributed by atoms with Gasteiger partial charge in [0.25, 0.3) is 0 Å². The number of carbonyl (C=O) groups is 1. The summed E-state index contributed by atoms with van der Waals surface area (Å²) in [5.41, 5.74) is -0.704. The first-order valence-corrected chi connectivity index (χ1v) is 8.06. The van der Waals surface area contributed by atoms with Crippen LogP contribution in [0.5, 0.6) is 17.2 Å². The van der Waals surface area contributed by atoms with Crippen molar-refractivity contribution in [3.63, 3.8) is 0 Å². The normalized spacial score (nSPS) is 13.0. The van der Waals surface area contributed by atoms with Gasteiger partial charge in [-0.05, 0) is 61.9 Å². The lowest BCUT2D eigenvalue weighted by Crippen LogP contribution is -2.36. The van der Waals surface area contributed by atoms with Crippen molar-refractivity contribution in [1.82, 2.24) is 0 Å². The van der Waals surface area contributed by atoms with Crippen LogP contribution in [0, 0.1) is 5.82 Å². The maximum atomic E-state index is 12.9. The summed E-state index contributed by atoms with van der Waals surface area (Å²) in [5.74, 6) is 5.83. The van der Waals surface area contributed by atoms with Gasteiger partial charge in [0, 0.05) is 0 Å². The van der Waals surface area contributed by atoms with E-state index < -0.39 is 11.6 Å². The molecule has 2 N–H and O–H groups in total.